The second kappa shape index (κ2) is 24.6. The van der Waals surface area contributed by atoms with Crippen LogP contribution in [-0.2, 0) is 46.4 Å². The molecule has 6 amide bonds. The van der Waals surface area contributed by atoms with Gasteiger partial charge in [0.2, 0.25) is 35.4 Å². The standard InChI is InChI=1S/C40H57N9O11S/c1-21(51)32(48-35(54)28(14-8-9-15-41)44-34(53)26(42)17-24-18-43-27-13-7-6-12-25(24)27)38(57)45-29(16-23-10-4-3-5-11-23)36(55)49-33(22(2)52)39(58)46-30(19-50)37(56)47-31(20-61)40(59)60/h3-7,10-13,18,21-22,26,28-33,43,50-52,61H,8-9,14-17,19-20,41-42H2,1-2H3,(H,44,53)(H,45,57)(H,46,58)(H,47,56)(H,48,54)(H,49,55)(H,59,60)/t21-,22-,26+,28+,29+,30+,31+,32+,33+/m1/s1. The van der Waals surface area contributed by atoms with Gasteiger partial charge in [0.15, 0.2) is 0 Å². The average molecular weight is 872 g/mol. The predicted molar refractivity (Wildman–Crippen MR) is 227 cm³/mol. The number of amides is 6. The number of aromatic amines is 1. The van der Waals surface area contributed by atoms with Crippen molar-refractivity contribution in [1.82, 2.24) is 36.9 Å². The molecular formula is C40H57N9O11S. The van der Waals surface area contributed by atoms with Crippen LogP contribution in [0.2, 0.25) is 0 Å². The molecular weight excluding hydrogens is 815 g/mol. The van der Waals surface area contributed by atoms with E-state index in [1.165, 1.54) is 6.92 Å². The van der Waals surface area contributed by atoms with E-state index in [2.05, 4.69) is 49.5 Å². The van der Waals surface area contributed by atoms with Gasteiger partial charge in [-0.1, -0.05) is 48.5 Å². The fourth-order valence-corrected chi connectivity index (χ4v) is 6.47. The zero-order valence-corrected chi connectivity index (χ0v) is 34.8. The van der Waals surface area contributed by atoms with E-state index in [-0.39, 0.29) is 25.0 Å². The van der Waals surface area contributed by atoms with E-state index in [9.17, 15) is 54.0 Å². The lowest BCUT2D eigenvalue weighted by Gasteiger charge is -2.29. The SMILES string of the molecule is C[C@@H](O)[C@H](NC(=O)[C@H](Cc1ccccc1)NC(=O)[C@@H](NC(=O)[C@H](CCCCN)NC(=O)[C@@H](N)Cc1c[nH]c2ccccc12)[C@@H](C)O)C(=O)N[C@@H](CO)C(=O)N[C@@H](CS)C(=O)O. The van der Waals surface area contributed by atoms with Crippen LogP contribution in [0.1, 0.15) is 44.2 Å². The molecule has 0 saturated carbocycles. The summed E-state index contributed by atoms with van der Waals surface area (Å²) >= 11 is 3.86. The first-order chi connectivity index (χ1) is 29.0. The summed E-state index contributed by atoms with van der Waals surface area (Å²) in [7, 11) is 0. The number of para-hydroxylation sites is 1. The van der Waals surface area contributed by atoms with Crippen molar-refractivity contribution < 1.29 is 54.0 Å². The van der Waals surface area contributed by atoms with Gasteiger partial charge in [0.1, 0.15) is 36.3 Å². The van der Waals surface area contributed by atoms with E-state index in [0.29, 0.717) is 24.9 Å². The van der Waals surface area contributed by atoms with E-state index >= 15 is 0 Å². The molecule has 334 valence electrons. The maximum absolute atomic E-state index is 13.9. The Morgan fingerprint density at radius 3 is 1.75 bits per heavy atom. The zero-order chi connectivity index (χ0) is 45.2. The van der Waals surface area contributed by atoms with Crippen LogP contribution in [0.5, 0.6) is 0 Å². The van der Waals surface area contributed by atoms with Crippen molar-refractivity contribution in [1.29, 1.82) is 0 Å². The number of rotatable bonds is 25. The van der Waals surface area contributed by atoms with Gasteiger partial charge in [-0.3, -0.25) is 28.8 Å². The molecule has 0 spiro atoms. The van der Waals surface area contributed by atoms with Crippen molar-refractivity contribution in [2.75, 3.05) is 18.9 Å². The number of H-pyrrole nitrogens is 1. The predicted octanol–water partition coefficient (Wildman–Crippen LogP) is -2.91. The Kier molecular flexibility index (Phi) is 20.1. The quantitative estimate of drug-likeness (QED) is 0.0300. The molecule has 15 N–H and O–H groups in total. The van der Waals surface area contributed by atoms with Crippen molar-refractivity contribution in [2.24, 2.45) is 11.5 Å². The summed E-state index contributed by atoms with van der Waals surface area (Å²) in [6, 6.07) is 5.51. The average Bonchev–Trinajstić information content (AvgIpc) is 3.64. The highest BCUT2D eigenvalue weighted by molar-refractivity contribution is 7.80. The Bertz CT molecular complexity index is 1950. The molecule has 21 heteroatoms. The first-order valence-electron chi connectivity index (χ1n) is 19.7. The Balaban J connectivity index is 1.79. The van der Waals surface area contributed by atoms with Crippen LogP contribution >= 0.6 is 12.6 Å². The number of unbranched alkanes of at least 4 members (excludes halogenated alkanes) is 1. The molecule has 2 aromatic carbocycles. The summed E-state index contributed by atoms with van der Waals surface area (Å²) in [4.78, 5) is 95.2. The van der Waals surface area contributed by atoms with E-state index in [1.807, 2.05) is 24.3 Å². The molecule has 1 heterocycles. The molecule has 61 heavy (non-hydrogen) atoms. The van der Waals surface area contributed by atoms with Crippen molar-refractivity contribution in [3.63, 3.8) is 0 Å². The van der Waals surface area contributed by atoms with Crippen LogP contribution in [0, 0.1) is 0 Å². The maximum atomic E-state index is 13.9. The smallest absolute Gasteiger partial charge is 0.327 e. The summed E-state index contributed by atoms with van der Waals surface area (Å²) in [5, 5.41) is 55.4. The van der Waals surface area contributed by atoms with Gasteiger partial charge in [-0.25, -0.2) is 4.79 Å². The normalized spacial score (nSPS) is 15.7. The van der Waals surface area contributed by atoms with Crippen LogP contribution in [-0.4, -0.2) is 140 Å². The molecule has 3 aromatic rings. The third kappa shape index (κ3) is 15.1. The molecule has 0 saturated heterocycles. The van der Waals surface area contributed by atoms with Crippen LogP contribution in [0.15, 0.2) is 60.8 Å². The summed E-state index contributed by atoms with van der Waals surface area (Å²) in [5.74, 6) is -7.43. The molecule has 20 nitrogen and oxygen atoms in total. The Morgan fingerprint density at radius 2 is 1.20 bits per heavy atom. The molecule has 0 aliphatic heterocycles. The largest absolute Gasteiger partial charge is 0.480 e. The molecule has 0 aliphatic rings. The van der Waals surface area contributed by atoms with Crippen LogP contribution < -0.4 is 43.4 Å². The van der Waals surface area contributed by atoms with Gasteiger partial charge < -0.3 is 68.8 Å². The lowest BCUT2D eigenvalue weighted by Crippen LogP contribution is -2.63. The molecule has 0 bridgehead atoms. The summed E-state index contributed by atoms with van der Waals surface area (Å²) < 4.78 is 0. The monoisotopic (exact) mass is 871 g/mol. The first-order valence-corrected chi connectivity index (χ1v) is 20.3. The van der Waals surface area contributed by atoms with Crippen molar-refractivity contribution in [3.8, 4) is 0 Å². The van der Waals surface area contributed by atoms with Gasteiger partial charge in [-0.2, -0.15) is 12.6 Å². The van der Waals surface area contributed by atoms with Gasteiger partial charge in [0.05, 0.1) is 24.9 Å². The van der Waals surface area contributed by atoms with Gasteiger partial charge >= 0.3 is 5.97 Å². The van der Waals surface area contributed by atoms with E-state index in [0.717, 1.165) is 23.4 Å². The number of carbonyl (C=O) groups is 7. The number of carboxylic acids is 1. The number of aliphatic carboxylic acids is 1. The van der Waals surface area contributed by atoms with Crippen LogP contribution in [0.3, 0.4) is 0 Å². The van der Waals surface area contributed by atoms with Gasteiger partial charge in [-0.15, -0.1) is 0 Å². The Labute approximate surface area is 357 Å². The minimum atomic E-state index is -1.77. The Morgan fingerprint density at radius 1 is 0.672 bits per heavy atom. The number of aliphatic hydroxyl groups is 3. The number of hydrogen-bond donors (Lipinski definition) is 14. The number of thiol groups is 1. The summed E-state index contributed by atoms with van der Waals surface area (Å²) in [6.45, 7) is 1.71. The number of carbonyl (C=O) groups excluding carboxylic acids is 6. The lowest BCUT2D eigenvalue weighted by molar-refractivity contribution is -0.142. The van der Waals surface area contributed by atoms with Crippen LogP contribution in [0.4, 0.5) is 0 Å². The molecule has 9 atom stereocenters. The third-order valence-corrected chi connectivity index (χ3v) is 10.1. The molecule has 3 rings (SSSR count). The molecule has 0 aliphatic carbocycles. The number of carboxylic acid groups (broad SMARTS) is 1. The minimum Gasteiger partial charge on any atom is -0.480 e. The van der Waals surface area contributed by atoms with E-state index in [1.54, 1.807) is 36.5 Å². The molecule has 0 fully saturated rings. The topological polar surface area (TPSA) is 340 Å². The highest BCUT2D eigenvalue weighted by Gasteiger charge is 2.36. The minimum absolute atomic E-state index is 0.110. The number of aliphatic hydroxyl groups excluding tert-OH is 3. The number of nitrogens with two attached hydrogens (primary N) is 2. The number of benzene rings is 2. The first kappa shape index (κ1) is 49.8. The van der Waals surface area contributed by atoms with Gasteiger partial charge in [-0.05, 0) is 63.3 Å². The second-order valence-electron chi connectivity index (χ2n) is 14.5. The third-order valence-electron chi connectivity index (χ3n) is 9.69. The highest BCUT2D eigenvalue weighted by Crippen LogP contribution is 2.19. The van der Waals surface area contributed by atoms with Crippen LogP contribution in [0.25, 0.3) is 10.9 Å². The number of hydrogen-bond acceptors (Lipinski definition) is 13. The second-order valence-corrected chi connectivity index (χ2v) is 14.9. The van der Waals surface area contributed by atoms with E-state index in [4.69, 9.17) is 11.5 Å². The van der Waals surface area contributed by atoms with Crippen molar-refractivity contribution in [2.45, 2.75) is 100 Å². The fourth-order valence-electron chi connectivity index (χ4n) is 6.22. The molecule has 0 unspecified atom stereocenters. The van der Waals surface area contributed by atoms with Gasteiger partial charge in [0.25, 0.3) is 0 Å². The fraction of sp³-hybridized carbons (Fsp3) is 0.475. The number of nitrogens with one attached hydrogen (secondary N) is 7. The van der Waals surface area contributed by atoms with E-state index < -0.39 is 103 Å². The van der Waals surface area contributed by atoms with Crippen molar-refractivity contribution >= 4 is 64.9 Å². The summed E-state index contributed by atoms with van der Waals surface area (Å²) in [5.41, 5.74) is 14.1. The lowest BCUT2D eigenvalue weighted by atomic mass is 10.0. The van der Waals surface area contributed by atoms with Crippen molar-refractivity contribution in [3.05, 3.63) is 71.9 Å². The number of fused-ring (bicyclic) bond motifs is 1. The maximum Gasteiger partial charge on any atom is 0.327 e. The highest BCUT2D eigenvalue weighted by atomic mass is 32.1. The van der Waals surface area contributed by atoms with Gasteiger partial charge in [0, 0.05) is 29.3 Å². The number of aromatic nitrogens is 1. The Hall–Kier alpha value is -5.58. The molecule has 1 aromatic heterocycles. The zero-order valence-electron chi connectivity index (χ0n) is 33.9. The summed E-state index contributed by atoms with van der Waals surface area (Å²) in [6.07, 6.45) is -0.381. The molecule has 0 radical (unpaired) electrons.